The van der Waals surface area contributed by atoms with Crippen LogP contribution in [0.2, 0.25) is 0 Å². The highest BCUT2D eigenvalue weighted by Crippen LogP contribution is 2.80. The van der Waals surface area contributed by atoms with Gasteiger partial charge in [-0.2, -0.15) is 0 Å². The zero-order chi connectivity index (χ0) is 84.9. The summed E-state index contributed by atoms with van der Waals surface area (Å²) in [4.78, 5) is 107. The molecule has 0 aromatic carbocycles. The van der Waals surface area contributed by atoms with E-state index in [9.17, 15) is 64.2 Å². The van der Waals surface area contributed by atoms with Crippen LogP contribution < -0.4 is 0 Å². The van der Waals surface area contributed by atoms with Gasteiger partial charge in [0.05, 0.1) is 60.7 Å². The number of ether oxygens (including phenoxy) is 2. The lowest BCUT2D eigenvalue weighted by atomic mass is 9.33. The van der Waals surface area contributed by atoms with Crippen LogP contribution >= 0.6 is 0 Å². The highest BCUT2D eigenvalue weighted by Gasteiger charge is 2.81. The predicted octanol–water partition coefficient (Wildman–Crippen LogP) is 20.4. The number of carboxylic acids is 1. The van der Waals surface area contributed by atoms with Crippen molar-refractivity contribution in [1.82, 2.24) is 0 Å². The monoisotopic (exact) mass is 1590 g/mol. The first-order valence-electron chi connectivity index (χ1n) is 43.5. The van der Waals surface area contributed by atoms with Gasteiger partial charge in [-0.05, 0) is 241 Å². The van der Waals surface area contributed by atoms with E-state index in [-0.39, 0.29) is 132 Å². The molecule has 0 amide bonds. The van der Waals surface area contributed by atoms with Crippen molar-refractivity contribution >= 4 is 41.0 Å². The molecule has 9 fully saturated rings. The summed E-state index contributed by atoms with van der Waals surface area (Å²) in [5.74, 6) is -4.26. The number of carbonyl (C=O) groups excluding carboxylic acids is 6. The Morgan fingerprint density at radius 1 is 0.452 bits per heavy atom. The first-order chi connectivity index (χ1) is 52.7. The number of hydrogen-bond acceptors (Lipinski definition) is 14. The van der Waals surface area contributed by atoms with Gasteiger partial charge in [0.15, 0.2) is 23.1 Å². The molecule has 0 radical (unpaired) electrons. The van der Waals surface area contributed by atoms with Crippen molar-refractivity contribution in [3.63, 3.8) is 0 Å². The lowest BCUT2D eigenvalue weighted by molar-refractivity contribution is -0.249. The first kappa shape index (κ1) is 89.3. The van der Waals surface area contributed by atoms with E-state index in [0.29, 0.717) is 101 Å². The average molecular weight is 1590 g/mol. The highest BCUT2D eigenvalue weighted by molar-refractivity contribution is 6.04. The van der Waals surface area contributed by atoms with E-state index in [1.165, 1.54) is 7.40 Å². The van der Waals surface area contributed by atoms with E-state index < -0.39 is 106 Å². The molecular formula is C97H141N3O15. The van der Waals surface area contributed by atoms with Crippen LogP contribution in [0.3, 0.4) is 0 Å². The molecule has 9 saturated carbocycles. The average Bonchev–Trinajstić information content (AvgIpc) is 0.668. The molecule has 24 atom stereocenters. The number of Topliss-reactive ketones (excluding diaryl/α,β-unsaturated/α-hetero) is 1. The molecule has 18 nitrogen and oxygen atoms in total. The van der Waals surface area contributed by atoms with Gasteiger partial charge in [0.1, 0.15) is 16.8 Å². The number of carbonyl (C=O) groups is 7. The number of esters is 2. The largest absolute Gasteiger partial charge is 0.523 e. The fourth-order valence-electron chi connectivity index (χ4n) is 29.8. The number of aliphatic hydroxyl groups excluding tert-OH is 2. The van der Waals surface area contributed by atoms with Crippen LogP contribution in [0.4, 0.5) is 0 Å². The Morgan fingerprint density at radius 3 is 1.09 bits per heavy atom. The normalized spacial score (nSPS) is 46.9. The molecule has 18 heteroatoms. The van der Waals surface area contributed by atoms with Gasteiger partial charge < -0.3 is 44.9 Å². The Balaban J connectivity index is 0.000000180. The lowest BCUT2D eigenvalue weighted by Gasteiger charge is -2.71. The molecule has 0 unspecified atom stereocenters. The summed E-state index contributed by atoms with van der Waals surface area (Å²) in [5, 5.41) is 70.5. The maximum absolute atomic E-state index is 14.5. The van der Waals surface area contributed by atoms with E-state index in [2.05, 4.69) is 111 Å². The fourth-order valence-corrected chi connectivity index (χ4v) is 29.8. The fraction of sp³-hybridized carbons (Fsp3) is 0.773. The number of rotatable bonds is 5. The number of aliphatic carboxylic acids is 1. The Bertz CT molecular complexity index is 4460. The van der Waals surface area contributed by atoms with Crippen LogP contribution in [0.15, 0.2) is 69.6 Å². The zero-order valence-electron chi connectivity index (χ0n) is 72.9. The molecule has 634 valence electrons. The van der Waals surface area contributed by atoms with E-state index in [1.807, 2.05) is 40.7 Å². The third-order valence-corrected chi connectivity index (χ3v) is 37.4. The molecule has 15 rings (SSSR count). The number of carboxylic acid groups (broad SMARTS) is 1. The van der Waals surface area contributed by atoms with E-state index in [4.69, 9.17) is 30.6 Å². The number of fused-ring (bicyclic) bond motifs is 21. The second kappa shape index (κ2) is 28.3. The van der Waals surface area contributed by atoms with Gasteiger partial charge in [0, 0.05) is 58.5 Å². The van der Waals surface area contributed by atoms with Gasteiger partial charge >= 0.3 is 17.9 Å². The van der Waals surface area contributed by atoms with Crippen LogP contribution in [0, 0.1) is 154 Å². The number of allylic oxidation sites excluding steroid dienone is 9. The third kappa shape index (κ3) is 11.4. The summed E-state index contributed by atoms with van der Waals surface area (Å²) >= 11 is 0. The second-order valence-electron chi connectivity index (χ2n) is 43.2. The van der Waals surface area contributed by atoms with Crippen molar-refractivity contribution in [3.05, 3.63) is 104 Å². The maximum atomic E-state index is 14.5. The van der Waals surface area contributed by atoms with Crippen LogP contribution in [-0.2, 0) is 43.0 Å². The van der Waals surface area contributed by atoms with Gasteiger partial charge in [-0.1, -0.05) is 170 Å². The van der Waals surface area contributed by atoms with Crippen LogP contribution in [-0.4, -0.2) is 102 Å². The number of aliphatic hydroxyl groups is 5. The summed E-state index contributed by atoms with van der Waals surface area (Å²) in [7, 11) is 1.25. The minimum atomic E-state index is -1.76. The molecule has 6 N–H and O–H groups in total. The topological polar surface area (TPSA) is 272 Å². The molecule has 15 aliphatic rings. The van der Waals surface area contributed by atoms with Crippen molar-refractivity contribution in [1.29, 1.82) is 0 Å². The minimum absolute atomic E-state index is 0. The Labute approximate surface area is 689 Å². The van der Waals surface area contributed by atoms with Gasteiger partial charge in [0.25, 0.3) is 0 Å². The quantitative estimate of drug-likeness (QED) is 0.110. The molecule has 15 aliphatic carbocycles. The van der Waals surface area contributed by atoms with Gasteiger partial charge in [-0.3, -0.25) is 28.8 Å². The molecule has 0 spiro atoms. The van der Waals surface area contributed by atoms with Gasteiger partial charge in [0.2, 0.25) is 17.1 Å². The predicted molar refractivity (Wildman–Crippen MR) is 444 cm³/mol. The molecule has 0 aromatic rings. The zero-order valence-corrected chi connectivity index (χ0v) is 71.9. The van der Waals surface area contributed by atoms with Crippen LogP contribution in [0.25, 0.3) is 14.5 Å². The molecule has 0 bridgehead atoms. The molecule has 0 heterocycles. The van der Waals surface area contributed by atoms with Crippen molar-refractivity contribution in [2.75, 3.05) is 13.2 Å². The number of nitrogens with zero attached hydrogens (tertiary/aromatic N) is 3. The van der Waals surface area contributed by atoms with Gasteiger partial charge in [-0.25, -0.2) is 14.5 Å². The van der Waals surface area contributed by atoms with E-state index in [0.717, 1.165) is 74.5 Å². The lowest BCUT2D eigenvalue weighted by Crippen LogP contribution is -2.74. The summed E-state index contributed by atoms with van der Waals surface area (Å²) in [5.41, 5.74) is -9.98. The Morgan fingerprint density at radius 2 is 0.757 bits per heavy atom. The second-order valence-corrected chi connectivity index (χ2v) is 43.2. The highest BCUT2D eigenvalue weighted by atomic mass is 16.5. The summed E-state index contributed by atoms with van der Waals surface area (Å²) in [6.45, 7) is 65.1. The molecular weight excluding hydrogens is 1450 g/mol. The Hall–Kier alpha value is -6.52. The Kier molecular flexibility index (Phi) is 22.0. The van der Waals surface area contributed by atoms with Crippen molar-refractivity contribution in [2.45, 2.75) is 325 Å². The number of ketones is 4. The molecule has 0 aromatic heterocycles. The van der Waals surface area contributed by atoms with Crippen LogP contribution in [0.1, 0.15) is 310 Å². The maximum Gasteiger partial charge on any atom is 0.312 e. The standard InChI is InChI=1S/C32H45NO5.C32H43NO5.C30H41NO5.3CH4/c2*1-9-38-26(36)31-14-12-27(3,4)18-23(31)32(37)24(34)16-22-28(5)17-21(33-8)25(35)19(2)20(28)10-11-29(22,6)30(32,7)13-15-31;1-17-18-8-9-27(5)20(26(18,4)15-19(31-7)23(17)33)14-22(32)30(36)21-16-25(2,3)10-12-29(21,24(34)35)13-11-28(27,30)6;;;/h16,19-20,23,35,37H,9-15,17-18H2,1-7H3;16-17,19-20,23,37H,9-15,18H2,1-7H3;14,17-18,21,33,36H,8-13,15-16H2,1-6H3,(H,34,35);3*1H4/t2*19-,20-,23+,28-,29+,30-,31-,32+;17-,18-,21+,26-,27+,28-,29-,30+;;;/m000.../s1/i;;;1T;;. The molecule has 0 aliphatic heterocycles. The summed E-state index contributed by atoms with van der Waals surface area (Å²) in [6.07, 6.45) is 21.4. The first-order valence-corrected chi connectivity index (χ1v) is 42.5. The third-order valence-electron chi connectivity index (χ3n) is 37.4. The van der Waals surface area contributed by atoms with E-state index >= 15 is 0 Å². The smallest absolute Gasteiger partial charge is 0.312 e. The molecule has 0 saturated heterocycles. The number of hydrogen-bond donors (Lipinski definition) is 6. The van der Waals surface area contributed by atoms with Crippen molar-refractivity contribution < 1.29 is 75.0 Å². The molecule has 115 heavy (non-hydrogen) atoms. The van der Waals surface area contributed by atoms with Gasteiger partial charge in [-0.15, -0.1) is 0 Å². The van der Waals surface area contributed by atoms with Crippen molar-refractivity contribution in [2.24, 2.45) is 134 Å². The summed E-state index contributed by atoms with van der Waals surface area (Å²) in [6, 6.07) is 0. The summed E-state index contributed by atoms with van der Waals surface area (Å²) < 4.78 is 17.0. The van der Waals surface area contributed by atoms with Crippen molar-refractivity contribution in [3.8, 4) is 0 Å². The minimum Gasteiger partial charge on any atom is -0.523 e. The van der Waals surface area contributed by atoms with E-state index in [1.54, 1.807) is 25.2 Å². The van der Waals surface area contributed by atoms with Crippen LogP contribution in [0.5, 0.6) is 0 Å². The SMILES string of the molecule is C.C.[3H]C.[C-]#[N+]C1=C(O)[C@@H](C)[C@@H]2CC[C@]3(C)C(=CC(=O)[C@]4(O)[C@@H]5CC(C)(C)CC[C@]5(C(=O)O)CC[C@@]34C)[C@@]2(C)C1.[C-]#[N+]C1=C(O)[C@@H](C)[C@@H]2CC[C@]3(C)C(=CC(=O)[C@]4(O)[C@@H]5CC(C)(C)CC[C@]5(C(=O)OCC)CC[C@@]34C)[C@@]2(C)C1.[C-]#[N+]C1=C[C@]2(C)C3=CC(=O)[C@]4(O)[C@@H]5CC(C)(C)CC[C@]5(C(=O)OCC)CC[C@@]4(C)[C@]3(C)CC[C@H]2[C@H](C)C1=O.